The summed E-state index contributed by atoms with van der Waals surface area (Å²) in [4.78, 5) is 40.5. The van der Waals surface area contributed by atoms with Gasteiger partial charge in [-0.1, -0.05) is 0 Å². The Morgan fingerprint density at radius 1 is 1.03 bits per heavy atom. The maximum absolute atomic E-state index is 13.1. The summed E-state index contributed by atoms with van der Waals surface area (Å²) in [5, 5.41) is 10.9. The Hall–Kier alpha value is -4.05. The van der Waals surface area contributed by atoms with Crippen LogP contribution in [0.25, 0.3) is 22.3 Å². The van der Waals surface area contributed by atoms with Crippen molar-refractivity contribution in [3.8, 4) is 11.3 Å². The van der Waals surface area contributed by atoms with Crippen LogP contribution in [0.4, 0.5) is 5.69 Å². The van der Waals surface area contributed by atoms with Crippen molar-refractivity contribution in [1.82, 2.24) is 34.9 Å². The molecule has 2 saturated heterocycles. The van der Waals surface area contributed by atoms with Gasteiger partial charge < -0.3 is 15.6 Å². The lowest BCUT2D eigenvalue weighted by Crippen LogP contribution is -2.50. The number of pyridine rings is 2. The molecule has 7 rings (SSSR count). The molecular formula is C28H32N8O2. The fourth-order valence-corrected chi connectivity index (χ4v) is 5.70. The number of amides is 2. The molecule has 2 aliphatic heterocycles. The van der Waals surface area contributed by atoms with E-state index in [1.165, 1.54) is 31.9 Å². The SMILES string of the molecule is Cc1ncc(C(=O)NCCN2CC3CCC2CC3)cc1NC(=O)c1cnc2[nH]c(-c3cnn(C)c3)cc2c1. The molecule has 3 aliphatic rings. The second-order valence-corrected chi connectivity index (χ2v) is 10.5. The number of fused-ring (bicyclic) bond motifs is 4. The summed E-state index contributed by atoms with van der Waals surface area (Å²) in [7, 11) is 1.86. The molecule has 4 aromatic rings. The van der Waals surface area contributed by atoms with Gasteiger partial charge in [0.2, 0.25) is 0 Å². The maximum Gasteiger partial charge on any atom is 0.257 e. The third-order valence-corrected chi connectivity index (χ3v) is 7.86. The molecule has 10 heteroatoms. The minimum Gasteiger partial charge on any atom is -0.351 e. The van der Waals surface area contributed by atoms with E-state index in [0.29, 0.717) is 40.7 Å². The molecule has 0 spiro atoms. The summed E-state index contributed by atoms with van der Waals surface area (Å²) in [6.45, 7) is 4.42. The van der Waals surface area contributed by atoms with Gasteiger partial charge in [-0.3, -0.25) is 24.2 Å². The van der Waals surface area contributed by atoms with E-state index in [0.717, 1.165) is 35.7 Å². The average molecular weight is 513 g/mol. The molecule has 10 nitrogen and oxygen atoms in total. The van der Waals surface area contributed by atoms with Crippen molar-refractivity contribution in [3.05, 3.63) is 59.8 Å². The van der Waals surface area contributed by atoms with E-state index in [9.17, 15) is 9.59 Å². The molecular weight excluding hydrogens is 480 g/mol. The molecule has 2 amide bonds. The van der Waals surface area contributed by atoms with Crippen LogP contribution in [0.2, 0.25) is 0 Å². The van der Waals surface area contributed by atoms with Gasteiger partial charge in [0, 0.05) is 62.3 Å². The zero-order chi connectivity index (χ0) is 26.2. The molecule has 3 fully saturated rings. The first kappa shape index (κ1) is 24.3. The first-order valence-electron chi connectivity index (χ1n) is 13.2. The Labute approximate surface area is 220 Å². The number of anilines is 1. The number of nitrogens with zero attached hydrogens (tertiary/aromatic N) is 5. The summed E-state index contributed by atoms with van der Waals surface area (Å²) in [6, 6.07) is 6.09. The number of H-pyrrole nitrogens is 1. The first-order chi connectivity index (χ1) is 18.4. The van der Waals surface area contributed by atoms with Gasteiger partial charge in [0.25, 0.3) is 11.8 Å². The predicted octanol–water partition coefficient (Wildman–Crippen LogP) is 3.52. The van der Waals surface area contributed by atoms with E-state index < -0.39 is 0 Å². The molecule has 0 atom stereocenters. The Kier molecular flexibility index (Phi) is 6.40. The van der Waals surface area contributed by atoms with Gasteiger partial charge in [0.1, 0.15) is 5.65 Å². The predicted molar refractivity (Wildman–Crippen MR) is 145 cm³/mol. The zero-order valence-electron chi connectivity index (χ0n) is 21.7. The zero-order valence-corrected chi connectivity index (χ0v) is 21.7. The van der Waals surface area contributed by atoms with E-state index >= 15 is 0 Å². The number of carbonyl (C=O) groups is 2. The largest absolute Gasteiger partial charge is 0.351 e. The normalized spacial score (nSPS) is 19.1. The van der Waals surface area contributed by atoms with Gasteiger partial charge in [-0.2, -0.15) is 5.10 Å². The second kappa shape index (κ2) is 10.0. The fourth-order valence-electron chi connectivity index (χ4n) is 5.70. The standard InChI is InChI=1S/C28H32N8O2/c1-17-24(11-21(12-30-17)27(37)29-7-8-36-15-18-3-5-23(36)6-4-18)34-28(38)20-9-19-10-25(33-26(19)31-13-20)22-14-32-35(2)16-22/h9-14,16,18,23H,3-8,15H2,1-2H3,(H,29,37)(H,31,33)(H,34,38). The third kappa shape index (κ3) is 4.91. The van der Waals surface area contributed by atoms with Crippen molar-refractivity contribution in [2.75, 3.05) is 25.0 Å². The van der Waals surface area contributed by atoms with Gasteiger partial charge in [-0.15, -0.1) is 0 Å². The van der Waals surface area contributed by atoms with Gasteiger partial charge in [0.15, 0.2) is 0 Å². The fraction of sp³-hybridized carbons (Fsp3) is 0.393. The lowest BCUT2D eigenvalue weighted by molar-refractivity contribution is 0.0494. The molecule has 38 heavy (non-hydrogen) atoms. The molecule has 1 aliphatic carbocycles. The van der Waals surface area contributed by atoms with Gasteiger partial charge in [0.05, 0.1) is 34.4 Å². The monoisotopic (exact) mass is 512 g/mol. The number of hydrogen-bond acceptors (Lipinski definition) is 6. The lowest BCUT2D eigenvalue weighted by atomic mass is 9.80. The van der Waals surface area contributed by atoms with E-state index in [2.05, 4.69) is 35.6 Å². The number of aromatic amines is 1. The molecule has 0 unspecified atom stereocenters. The molecule has 0 radical (unpaired) electrons. The number of piperidine rings is 2. The number of rotatable bonds is 7. The third-order valence-electron chi connectivity index (χ3n) is 7.86. The van der Waals surface area contributed by atoms with Crippen molar-refractivity contribution in [1.29, 1.82) is 0 Å². The van der Waals surface area contributed by atoms with Crippen molar-refractivity contribution in [2.24, 2.45) is 13.0 Å². The van der Waals surface area contributed by atoms with Crippen LogP contribution in [-0.4, -0.2) is 67.1 Å². The van der Waals surface area contributed by atoms with E-state index in [1.807, 2.05) is 19.3 Å². The molecule has 0 aromatic carbocycles. The number of nitrogens with one attached hydrogen (secondary N) is 3. The smallest absolute Gasteiger partial charge is 0.257 e. The molecule has 196 valence electrons. The minimum absolute atomic E-state index is 0.187. The molecule has 3 N–H and O–H groups in total. The molecule has 2 bridgehead atoms. The minimum atomic E-state index is -0.314. The highest BCUT2D eigenvalue weighted by Crippen LogP contribution is 2.34. The van der Waals surface area contributed by atoms with Crippen LogP contribution in [0, 0.1) is 12.8 Å². The van der Waals surface area contributed by atoms with E-state index in [1.54, 1.807) is 36.1 Å². The van der Waals surface area contributed by atoms with Crippen molar-refractivity contribution < 1.29 is 9.59 Å². The summed E-state index contributed by atoms with van der Waals surface area (Å²) in [5.41, 5.74) is 4.48. The average Bonchev–Trinajstić information content (AvgIpc) is 3.56. The van der Waals surface area contributed by atoms with Crippen LogP contribution in [0.1, 0.15) is 52.1 Å². The quantitative estimate of drug-likeness (QED) is 0.348. The van der Waals surface area contributed by atoms with Gasteiger partial charge >= 0.3 is 0 Å². The number of aromatic nitrogens is 5. The summed E-state index contributed by atoms with van der Waals surface area (Å²) < 4.78 is 1.73. The van der Waals surface area contributed by atoms with Crippen LogP contribution in [0.3, 0.4) is 0 Å². The number of carbonyl (C=O) groups excluding carboxylic acids is 2. The van der Waals surface area contributed by atoms with Crippen LogP contribution in [-0.2, 0) is 7.05 Å². The maximum atomic E-state index is 13.1. The van der Waals surface area contributed by atoms with Crippen LogP contribution < -0.4 is 10.6 Å². The van der Waals surface area contributed by atoms with Crippen molar-refractivity contribution in [3.63, 3.8) is 0 Å². The summed E-state index contributed by atoms with van der Waals surface area (Å²) in [5.74, 6) is 0.319. The number of aryl methyl sites for hydroxylation is 2. The number of hydrogen-bond donors (Lipinski definition) is 3. The molecule has 4 aromatic heterocycles. The Balaban J connectivity index is 1.10. The Morgan fingerprint density at radius 3 is 2.55 bits per heavy atom. The van der Waals surface area contributed by atoms with Crippen molar-refractivity contribution in [2.45, 2.75) is 38.6 Å². The highest BCUT2D eigenvalue weighted by molar-refractivity contribution is 6.06. The first-order valence-corrected chi connectivity index (χ1v) is 13.2. The lowest BCUT2D eigenvalue weighted by Gasteiger charge is -2.45. The summed E-state index contributed by atoms with van der Waals surface area (Å²) in [6.07, 6.45) is 12.0. The van der Waals surface area contributed by atoms with E-state index in [-0.39, 0.29) is 11.8 Å². The second-order valence-electron chi connectivity index (χ2n) is 10.5. The highest BCUT2D eigenvalue weighted by Gasteiger charge is 2.33. The Bertz CT molecular complexity index is 1500. The Morgan fingerprint density at radius 2 is 1.82 bits per heavy atom. The van der Waals surface area contributed by atoms with Gasteiger partial charge in [-0.25, -0.2) is 4.98 Å². The van der Waals surface area contributed by atoms with Crippen LogP contribution in [0.5, 0.6) is 0 Å². The van der Waals surface area contributed by atoms with Gasteiger partial charge in [-0.05, 0) is 56.7 Å². The highest BCUT2D eigenvalue weighted by atomic mass is 16.2. The van der Waals surface area contributed by atoms with Crippen LogP contribution >= 0.6 is 0 Å². The topological polar surface area (TPSA) is 121 Å². The molecule has 1 saturated carbocycles. The van der Waals surface area contributed by atoms with Crippen LogP contribution in [0.15, 0.2) is 43.0 Å². The molecule has 6 heterocycles. The van der Waals surface area contributed by atoms with Crippen molar-refractivity contribution >= 4 is 28.5 Å². The van der Waals surface area contributed by atoms with E-state index in [4.69, 9.17) is 0 Å². The summed E-state index contributed by atoms with van der Waals surface area (Å²) >= 11 is 0.